The van der Waals surface area contributed by atoms with E-state index in [1.54, 1.807) is 19.1 Å². The van der Waals surface area contributed by atoms with Crippen LogP contribution in [-0.4, -0.2) is 6.67 Å². The number of alkyl halides is 1. The van der Waals surface area contributed by atoms with E-state index in [1.165, 1.54) is 0 Å². The smallest absolute Gasteiger partial charge is 0.123 e. The van der Waals surface area contributed by atoms with Crippen LogP contribution >= 0.6 is 0 Å². The molecule has 3 heteroatoms. The zero-order valence-corrected chi connectivity index (χ0v) is 5.80. The summed E-state index contributed by atoms with van der Waals surface area (Å²) in [7, 11) is 0. The predicted molar refractivity (Wildman–Crippen MR) is 36.3 cm³/mol. The van der Waals surface area contributed by atoms with Gasteiger partial charge in [-0.1, -0.05) is 0 Å². The van der Waals surface area contributed by atoms with Gasteiger partial charge in [0.05, 0.1) is 6.04 Å². The van der Waals surface area contributed by atoms with E-state index in [-0.39, 0.29) is 0 Å². The Balaban J connectivity index is 2.74. The van der Waals surface area contributed by atoms with Gasteiger partial charge in [-0.3, -0.25) is 0 Å². The Labute approximate surface area is 58.8 Å². The van der Waals surface area contributed by atoms with Crippen molar-refractivity contribution in [3.63, 3.8) is 0 Å². The predicted octanol–water partition coefficient (Wildman–Crippen LogP) is 1.56. The number of halogens is 1. The Hall–Kier alpha value is -0.830. The molecule has 0 aliphatic heterocycles. The first-order chi connectivity index (χ1) is 4.74. The molecule has 0 fully saturated rings. The molecule has 0 unspecified atom stereocenters. The van der Waals surface area contributed by atoms with Crippen molar-refractivity contribution in [2.75, 3.05) is 6.67 Å². The minimum absolute atomic E-state index is 0.514. The first kappa shape index (κ1) is 7.28. The molecule has 10 heavy (non-hydrogen) atoms. The third-order valence-corrected chi connectivity index (χ3v) is 1.29. The molecule has 0 saturated carbocycles. The lowest BCUT2D eigenvalue weighted by atomic mass is 10.3. The average Bonchev–Trinajstić information content (AvgIpc) is 2.34. The molecule has 0 radical (unpaired) electrons. The van der Waals surface area contributed by atoms with Crippen LogP contribution in [0.3, 0.4) is 0 Å². The lowest BCUT2D eigenvalue weighted by Gasteiger charge is -2.00. The van der Waals surface area contributed by atoms with Crippen LogP contribution in [0, 0.1) is 6.92 Å². The molecule has 0 aliphatic rings. The van der Waals surface area contributed by atoms with E-state index in [4.69, 9.17) is 10.2 Å². The third kappa shape index (κ3) is 1.36. The van der Waals surface area contributed by atoms with Crippen LogP contribution < -0.4 is 5.73 Å². The van der Waals surface area contributed by atoms with Gasteiger partial charge in [0.15, 0.2) is 0 Å². The van der Waals surface area contributed by atoms with Crippen molar-refractivity contribution in [2.45, 2.75) is 13.0 Å². The maximum absolute atomic E-state index is 11.9. The fourth-order valence-electron chi connectivity index (χ4n) is 0.729. The lowest BCUT2D eigenvalue weighted by molar-refractivity contribution is 0.374. The molecule has 0 bridgehead atoms. The van der Waals surface area contributed by atoms with Crippen molar-refractivity contribution in [3.8, 4) is 0 Å². The van der Waals surface area contributed by atoms with E-state index in [9.17, 15) is 4.39 Å². The summed E-state index contributed by atoms with van der Waals surface area (Å²) in [4.78, 5) is 0. The van der Waals surface area contributed by atoms with Gasteiger partial charge < -0.3 is 10.2 Å². The lowest BCUT2D eigenvalue weighted by Crippen LogP contribution is -2.10. The zero-order chi connectivity index (χ0) is 7.56. The summed E-state index contributed by atoms with van der Waals surface area (Å²) in [5.74, 6) is 1.28. The van der Waals surface area contributed by atoms with Crippen LogP contribution in [0.15, 0.2) is 16.5 Å². The van der Waals surface area contributed by atoms with Crippen molar-refractivity contribution in [3.05, 3.63) is 23.7 Å². The van der Waals surface area contributed by atoms with Crippen LogP contribution in [0.5, 0.6) is 0 Å². The molecular weight excluding hydrogens is 133 g/mol. The van der Waals surface area contributed by atoms with Crippen molar-refractivity contribution in [2.24, 2.45) is 5.73 Å². The Bertz CT molecular complexity index is 209. The van der Waals surface area contributed by atoms with Crippen molar-refractivity contribution in [1.82, 2.24) is 0 Å². The second-order valence-corrected chi connectivity index (χ2v) is 2.21. The Morgan fingerprint density at radius 1 is 1.70 bits per heavy atom. The largest absolute Gasteiger partial charge is 0.465 e. The highest BCUT2D eigenvalue weighted by Crippen LogP contribution is 2.13. The van der Waals surface area contributed by atoms with Gasteiger partial charge in [0.25, 0.3) is 0 Å². The summed E-state index contributed by atoms with van der Waals surface area (Å²) < 4.78 is 17.0. The molecule has 1 aromatic heterocycles. The van der Waals surface area contributed by atoms with E-state index in [1.807, 2.05) is 0 Å². The fraction of sp³-hybridized carbons (Fsp3) is 0.429. The van der Waals surface area contributed by atoms with Crippen LogP contribution in [-0.2, 0) is 0 Å². The van der Waals surface area contributed by atoms with Gasteiger partial charge in [-0.15, -0.1) is 0 Å². The Morgan fingerprint density at radius 2 is 2.40 bits per heavy atom. The monoisotopic (exact) mass is 143 g/mol. The van der Waals surface area contributed by atoms with Gasteiger partial charge >= 0.3 is 0 Å². The Morgan fingerprint density at radius 3 is 2.80 bits per heavy atom. The molecule has 2 N–H and O–H groups in total. The molecule has 2 nitrogen and oxygen atoms in total. The highest BCUT2D eigenvalue weighted by molar-refractivity contribution is 5.08. The van der Waals surface area contributed by atoms with Crippen LogP contribution in [0.2, 0.25) is 0 Å². The standard InChI is InChI=1S/C7H10FNO/c1-5-2-3-7(10-5)6(9)4-8/h2-3,6H,4,9H2,1H3/t6-/m0/s1. The topological polar surface area (TPSA) is 39.2 Å². The van der Waals surface area contributed by atoms with Gasteiger partial charge in [0.2, 0.25) is 0 Å². The van der Waals surface area contributed by atoms with Gasteiger partial charge in [-0.05, 0) is 19.1 Å². The number of aryl methyl sites for hydroxylation is 1. The van der Waals surface area contributed by atoms with E-state index in [2.05, 4.69) is 0 Å². The number of nitrogens with two attached hydrogens (primary N) is 1. The third-order valence-electron chi connectivity index (χ3n) is 1.29. The van der Waals surface area contributed by atoms with E-state index >= 15 is 0 Å². The second kappa shape index (κ2) is 2.84. The second-order valence-electron chi connectivity index (χ2n) is 2.21. The molecular formula is C7H10FNO. The summed E-state index contributed by atoms with van der Waals surface area (Å²) in [5.41, 5.74) is 5.34. The maximum Gasteiger partial charge on any atom is 0.123 e. The molecule has 0 aliphatic carbocycles. The minimum Gasteiger partial charge on any atom is -0.465 e. The molecule has 1 atom stereocenters. The van der Waals surface area contributed by atoms with E-state index < -0.39 is 12.7 Å². The SMILES string of the molecule is Cc1ccc([C@@H](N)CF)o1. The highest BCUT2D eigenvalue weighted by atomic mass is 19.1. The van der Waals surface area contributed by atoms with Gasteiger partial charge in [-0.25, -0.2) is 4.39 Å². The normalized spacial score (nSPS) is 13.5. The number of hydrogen-bond donors (Lipinski definition) is 1. The van der Waals surface area contributed by atoms with Gasteiger partial charge in [-0.2, -0.15) is 0 Å². The molecule has 1 rings (SSSR count). The fourth-order valence-corrected chi connectivity index (χ4v) is 0.729. The minimum atomic E-state index is -0.603. The molecule has 56 valence electrons. The molecule has 0 aromatic carbocycles. The van der Waals surface area contributed by atoms with Gasteiger partial charge in [0.1, 0.15) is 18.2 Å². The molecule has 1 aromatic rings. The summed E-state index contributed by atoms with van der Waals surface area (Å²) >= 11 is 0. The van der Waals surface area contributed by atoms with Crippen LogP contribution in [0.4, 0.5) is 4.39 Å². The number of furan rings is 1. The first-order valence-corrected chi connectivity index (χ1v) is 3.12. The zero-order valence-electron chi connectivity index (χ0n) is 5.80. The van der Waals surface area contributed by atoms with Crippen LogP contribution in [0.1, 0.15) is 17.6 Å². The summed E-state index contributed by atoms with van der Waals surface area (Å²) in [6.45, 7) is 1.22. The number of hydrogen-bond acceptors (Lipinski definition) is 2. The van der Waals surface area contributed by atoms with E-state index in [0.29, 0.717) is 5.76 Å². The molecule has 1 heterocycles. The molecule has 0 saturated heterocycles. The molecule has 0 amide bonds. The molecule has 0 spiro atoms. The summed E-state index contributed by atoms with van der Waals surface area (Å²) in [6, 6.07) is 2.86. The van der Waals surface area contributed by atoms with Gasteiger partial charge in [0, 0.05) is 0 Å². The van der Waals surface area contributed by atoms with Crippen molar-refractivity contribution < 1.29 is 8.81 Å². The Kier molecular flexibility index (Phi) is 2.06. The van der Waals surface area contributed by atoms with Crippen molar-refractivity contribution in [1.29, 1.82) is 0 Å². The number of rotatable bonds is 2. The van der Waals surface area contributed by atoms with Crippen molar-refractivity contribution >= 4 is 0 Å². The summed E-state index contributed by atoms with van der Waals surface area (Å²) in [6.07, 6.45) is 0. The van der Waals surface area contributed by atoms with Crippen LogP contribution in [0.25, 0.3) is 0 Å². The van der Waals surface area contributed by atoms with E-state index in [0.717, 1.165) is 5.76 Å². The summed E-state index contributed by atoms with van der Waals surface area (Å²) in [5, 5.41) is 0. The average molecular weight is 143 g/mol. The maximum atomic E-state index is 11.9. The first-order valence-electron chi connectivity index (χ1n) is 3.12. The highest BCUT2D eigenvalue weighted by Gasteiger charge is 2.07. The quantitative estimate of drug-likeness (QED) is 0.682.